The van der Waals surface area contributed by atoms with Gasteiger partial charge in [0, 0.05) is 0 Å². The van der Waals surface area contributed by atoms with Crippen molar-refractivity contribution in [2.24, 2.45) is 59.2 Å². The minimum atomic E-state index is 0.0174. The van der Waals surface area contributed by atoms with E-state index in [9.17, 15) is 5.11 Å². The van der Waals surface area contributed by atoms with Gasteiger partial charge in [-0.2, -0.15) is 0 Å². The van der Waals surface area contributed by atoms with E-state index in [1.165, 1.54) is 122 Å². The predicted octanol–water partition coefficient (Wildman–Crippen LogP) is 12.4. The van der Waals surface area contributed by atoms with Gasteiger partial charge in [-0.15, -0.1) is 0 Å². The van der Waals surface area contributed by atoms with E-state index >= 15 is 0 Å². The molecule has 1 N–H and O–H groups in total. The van der Waals surface area contributed by atoms with Crippen LogP contribution in [0, 0.1) is 59.2 Å². The van der Waals surface area contributed by atoms with Gasteiger partial charge in [-0.1, -0.05) is 76.4 Å². The number of allylic oxidation sites excluding steroid dienone is 4. The maximum atomic E-state index is 10.7. The van der Waals surface area contributed by atoms with E-state index < -0.39 is 0 Å². The molecular weight excluding hydrogens is 532 g/mol. The van der Waals surface area contributed by atoms with Gasteiger partial charge in [-0.05, 0) is 186 Å². The number of hydrogen-bond donors (Lipinski definition) is 1. The summed E-state index contributed by atoms with van der Waals surface area (Å²) in [6.07, 6.45) is 46.2. The lowest BCUT2D eigenvalue weighted by atomic mass is 9.62. The Morgan fingerprint density at radius 1 is 0.477 bits per heavy atom. The first-order chi connectivity index (χ1) is 21.7. The number of aliphatic hydroxyl groups is 1. The molecule has 5 saturated carbocycles. The smallest absolute Gasteiger partial charge is 0.0571 e. The molecule has 0 radical (unpaired) electrons. The van der Waals surface area contributed by atoms with Crippen LogP contribution >= 0.6 is 0 Å². The molecule has 248 valence electrons. The Morgan fingerprint density at radius 2 is 1.16 bits per heavy atom. The highest BCUT2D eigenvalue weighted by Gasteiger charge is 2.39. The molecule has 0 aromatic carbocycles. The Kier molecular flexibility index (Phi) is 11.3. The van der Waals surface area contributed by atoms with Gasteiger partial charge in [0.2, 0.25) is 0 Å². The molecular formula is C43H70O. The van der Waals surface area contributed by atoms with Gasteiger partial charge in [0.1, 0.15) is 0 Å². The Balaban J connectivity index is 0.837. The van der Waals surface area contributed by atoms with Crippen LogP contribution in [0.4, 0.5) is 0 Å². The minimum Gasteiger partial charge on any atom is -0.393 e. The van der Waals surface area contributed by atoms with Gasteiger partial charge in [0.05, 0.1) is 6.10 Å². The van der Waals surface area contributed by atoms with E-state index in [-0.39, 0.29) is 6.10 Å². The summed E-state index contributed by atoms with van der Waals surface area (Å²) in [4.78, 5) is 0. The van der Waals surface area contributed by atoms with Crippen LogP contribution < -0.4 is 0 Å². The molecule has 0 aliphatic heterocycles. The van der Waals surface area contributed by atoms with Gasteiger partial charge in [0.15, 0.2) is 0 Å². The van der Waals surface area contributed by atoms with E-state index in [4.69, 9.17) is 0 Å². The first-order valence-electron chi connectivity index (χ1n) is 20.8. The molecule has 0 spiro atoms. The molecule has 7 aliphatic rings. The largest absolute Gasteiger partial charge is 0.393 e. The van der Waals surface area contributed by atoms with E-state index in [0.717, 1.165) is 59.7 Å². The molecule has 5 fully saturated rings. The quantitative estimate of drug-likeness (QED) is 0.307. The lowest BCUT2D eigenvalue weighted by Gasteiger charge is -2.44. The van der Waals surface area contributed by atoms with Crippen molar-refractivity contribution in [1.82, 2.24) is 0 Å². The molecule has 0 amide bonds. The van der Waals surface area contributed by atoms with Crippen molar-refractivity contribution in [2.75, 3.05) is 0 Å². The van der Waals surface area contributed by atoms with Crippen LogP contribution in [-0.2, 0) is 0 Å². The first kappa shape index (κ1) is 32.0. The third kappa shape index (κ3) is 7.93. The second-order valence-electron chi connectivity index (χ2n) is 17.9. The maximum absolute atomic E-state index is 10.7. The lowest BCUT2D eigenvalue weighted by molar-refractivity contribution is 0.00728. The molecule has 5 unspecified atom stereocenters. The second-order valence-corrected chi connectivity index (χ2v) is 17.9. The molecule has 7 aliphatic carbocycles. The van der Waals surface area contributed by atoms with E-state index in [0.29, 0.717) is 5.92 Å². The molecule has 0 saturated heterocycles. The summed E-state index contributed by atoms with van der Waals surface area (Å²) in [6.45, 7) is 0. The number of hydrogen-bond acceptors (Lipinski definition) is 1. The van der Waals surface area contributed by atoms with Crippen LogP contribution in [0.5, 0.6) is 0 Å². The Hall–Kier alpha value is -0.560. The van der Waals surface area contributed by atoms with E-state index in [1.54, 1.807) is 62.5 Å². The number of rotatable bonds is 7. The normalized spacial score (nSPS) is 44.4. The van der Waals surface area contributed by atoms with Gasteiger partial charge in [-0.25, -0.2) is 0 Å². The van der Waals surface area contributed by atoms with Crippen molar-refractivity contribution in [3.05, 3.63) is 23.3 Å². The zero-order valence-corrected chi connectivity index (χ0v) is 28.8. The van der Waals surface area contributed by atoms with Crippen molar-refractivity contribution < 1.29 is 5.11 Å². The van der Waals surface area contributed by atoms with Crippen LogP contribution in [0.25, 0.3) is 0 Å². The van der Waals surface area contributed by atoms with Crippen molar-refractivity contribution in [3.63, 3.8) is 0 Å². The van der Waals surface area contributed by atoms with Crippen molar-refractivity contribution >= 4 is 0 Å². The highest BCUT2D eigenvalue weighted by atomic mass is 16.3. The Bertz CT molecular complexity index is 944. The van der Waals surface area contributed by atoms with Crippen LogP contribution in [0.3, 0.4) is 0 Å². The lowest BCUT2D eigenvalue weighted by Crippen LogP contribution is -2.36. The van der Waals surface area contributed by atoms with Gasteiger partial charge in [-0.3, -0.25) is 0 Å². The maximum Gasteiger partial charge on any atom is 0.0571 e. The fourth-order valence-corrected chi connectivity index (χ4v) is 12.9. The second kappa shape index (κ2) is 15.6. The summed E-state index contributed by atoms with van der Waals surface area (Å²) < 4.78 is 0. The molecule has 1 nitrogen and oxygen atoms in total. The summed E-state index contributed by atoms with van der Waals surface area (Å²) in [5, 5.41) is 10.7. The monoisotopic (exact) mass is 603 g/mol. The Labute approximate surface area is 272 Å². The van der Waals surface area contributed by atoms with Gasteiger partial charge < -0.3 is 5.11 Å². The predicted molar refractivity (Wildman–Crippen MR) is 186 cm³/mol. The average Bonchev–Trinajstić information content (AvgIpc) is 3.09. The summed E-state index contributed by atoms with van der Waals surface area (Å²) in [7, 11) is 0. The van der Waals surface area contributed by atoms with Gasteiger partial charge in [0.25, 0.3) is 0 Å². The molecule has 0 bridgehead atoms. The Morgan fingerprint density at radius 3 is 1.91 bits per heavy atom. The molecule has 7 rings (SSSR count). The van der Waals surface area contributed by atoms with E-state index in [2.05, 4.69) is 12.2 Å². The highest BCUT2D eigenvalue weighted by molar-refractivity contribution is 5.33. The molecule has 1 heteroatoms. The molecule has 0 aromatic rings. The zero-order chi connectivity index (χ0) is 29.7. The number of aliphatic hydroxyl groups excluding tert-OH is 1. The molecule has 7 atom stereocenters. The summed E-state index contributed by atoms with van der Waals surface area (Å²) in [5.41, 5.74) is 3.51. The minimum absolute atomic E-state index is 0.0174. The van der Waals surface area contributed by atoms with Gasteiger partial charge >= 0.3 is 0 Å². The van der Waals surface area contributed by atoms with Crippen LogP contribution in [0.1, 0.15) is 180 Å². The summed E-state index contributed by atoms with van der Waals surface area (Å²) >= 11 is 0. The van der Waals surface area contributed by atoms with Crippen molar-refractivity contribution in [2.45, 2.75) is 186 Å². The summed E-state index contributed by atoms with van der Waals surface area (Å²) in [5.74, 6) is 9.57. The van der Waals surface area contributed by atoms with E-state index in [1.807, 2.05) is 0 Å². The third-order valence-corrected chi connectivity index (χ3v) is 15.4. The average molecular weight is 603 g/mol. The SMILES string of the molecule is OC1CCCCC1C1CCCC(C2CCC(C3CCC[C@H](CC4CCC([C@H]5C=C(C6=CCCCC6)CCC5)CC4)C3)CC2)C1. The van der Waals surface area contributed by atoms with Crippen molar-refractivity contribution in [1.29, 1.82) is 0 Å². The van der Waals surface area contributed by atoms with Crippen LogP contribution in [-0.4, -0.2) is 11.2 Å². The first-order valence-corrected chi connectivity index (χ1v) is 20.8. The third-order valence-electron chi connectivity index (χ3n) is 15.4. The fourth-order valence-electron chi connectivity index (χ4n) is 12.9. The standard InChI is InChI=1S/C43H70O/c44-43-18-5-4-17-42(43)41-16-8-15-40(30-41)36-25-23-35(24-26-36)37-12-6-9-32(28-37)27-31-19-21-34(22-20-31)39-14-7-13-38(29-39)33-10-2-1-3-11-33/h10,29,31-32,34-37,39-44H,1-9,11-28,30H2/t31?,32-,34?,35?,36?,37?,39-,40?,41?,42?,43?/m1/s1. The zero-order valence-electron chi connectivity index (χ0n) is 28.8. The molecule has 0 heterocycles. The topological polar surface area (TPSA) is 20.2 Å². The van der Waals surface area contributed by atoms with Crippen LogP contribution in [0.15, 0.2) is 23.3 Å². The summed E-state index contributed by atoms with van der Waals surface area (Å²) in [6, 6.07) is 0. The highest BCUT2D eigenvalue weighted by Crippen LogP contribution is 2.50. The van der Waals surface area contributed by atoms with Crippen LogP contribution in [0.2, 0.25) is 0 Å². The fraction of sp³-hybridized carbons (Fsp3) is 0.907. The van der Waals surface area contributed by atoms with Crippen molar-refractivity contribution in [3.8, 4) is 0 Å². The molecule has 44 heavy (non-hydrogen) atoms. The molecule has 0 aromatic heterocycles.